The number of hydrogen-bond acceptors (Lipinski definition) is 5. The number of H-pyrrole nitrogens is 1. The quantitative estimate of drug-likeness (QED) is 0.781. The molecule has 7 heteroatoms. The molecule has 0 bridgehead atoms. The molecule has 0 amide bonds. The third-order valence-corrected chi connectivity index (χ3v) is 4.30. The van der Waals surface area contributed by atoms with Crippen LogP contribution in [0.3, 0.4) is 0 Å². The Morgan fingerprint density at radius 1 is 1.48 bits per heavy atom. The summed E-state index contributed by atoms with van der Waals surface area (Å²) in [5.74, 6) is 0.481. The number of amidine groups is 2. The van der Waals surface area contributed by atoms with Gasteiger partial charge in [-0.2, -0.15) is 0 Å². The van der Waals surface area contributed by atoms with Crippen molar-refractivity contribution in [3.05, 3.63) is 35.6 Å². The topological polar surface area (TPSA) is 80.2 Å². The third-order valence-electron chi connectivity index (χ3n) is 3.70. The van der Waals surface area contributed by atoms with E-state index in [2.05, 4.69) is 22.2 Å². The van der Waals surface area contributed by atoms with Gasteiger partial charge in [0.05, 0.1) is 18.2 Å². The lowest BCUT2D eigenvalue weighted by Crippen LogP contribution is -2.47. The van der Waals surface area contributed by atoms with Crippen LogP contribution in [0.5, 0.6) is 0 Å². The van der Waals surface area contributed by atoms with Crippen molar-refractivity contribution in [2.24, 2.45) is 4.99 Å². The molecular weight excluding hydrogens is 284 g/mol. The van der Waals surface area contributed by atoms with Gasteiger partial charge in [-0.05, 0) is 26.2 Å². The summed E-state index contributed by atoms with van der Waals surface area (Å²) in [6.07, 6.45) is 7.31. The highest BCUT2D eigenvalue weighted by Gasteiger charge is 2.33. The summed E-state index contributed by atoms with van der Waals surface area (Å²) in [5.41, 5.74) is 3.90. The second kappa shape index (κ2) is 5.40. The molecule has 1 unspecified atom stereocenters. The van der Waals surface area contributed by atoms with Gasteiger partial charge in [0, 0.05) is 23.4 Å². The Balaban J connectivity index is 2.11. The van der Waals surface area contributed by atoms with Gasteiger partial charge in [0.1, 0.15) is 5.84 Å². The first-order chi connectivity index (χ1) is 10.2. The lowest BCUT2D eigenvalue weighted by Gasteiger charge is -2.38. The minimum Gasteiger partial charge on any atom is -0.345 e. The third kappa shape index (κ3) is 2.27. The fourth-order valence-electron chi connectivity index (χ4n) is 2.60. The number of aliphatic imine (C=N–C) groups is 1. The molecule has 21 heavy (non-hydrogen) atoms. The summed E-state index contributed by atoms with van der Waals surface area (Å²) >= 11 is 1.59. The van der Waals surface area contributed by atoms with E-state index >= 15 is 0 Å². The average molecular weight is 302 g/mol. The number of thioether (sulfide) groups is 1. The van der Waals surface area contributed by atoms with Crippen LogP contribution in [0.2, 0.25) is 0 Å². The van der Waals surface area contributed by atoms with Crippen LogP contribution in [-0.2, 0) is 0 Å². The van der Waals surface area contributed by atoms with E-state index < -0.39 is 0 Å². The molecule has 0 aromatic carbocycles. The lowest BCUT2D eigenvalue weighted by atomic mass is 9.97. The van der Waals surface area contributed by atoms with E-state index in [0.29, 0.717) is 5.84 Å². The van der Waals surface area contributed by atoms with Crippen molar-refractivity contribution in [3.63, 3.8) is 0 Å². The van der Waals surface area contributed by atoms with Crippen molar-refractivity contribution in [2.75, 3.05) is 12.8 Å². The van der Waals surface area contributed by atoms with Crippen LogP contribution in [0.1, 0.15) is 19.5 Å². The van der Waals surface area contributed by atoms with Crippen molar-refractivity contribution in [1.82, 2.24) is 20.2 Å². The van der Waals surface area contributed by atoms with E-state index in [1.807, 2.05) is 24.2 Å². The summed E-state index contributed by atoms with van der Waals surface area (Å²) < 4.78 is 0. The van der Waals surface area contributed by atoms with Crippen LogP contribution in [0.25, 0.3) is 5.57 Å². The van der Waals surface area contributed by atoms with Gasteiger partial charge in [0.2, 0.25) is 0 Å². The molecule has 0 radical (unpaired) electrons. The fraction of sp³-hybridized carbons (Fsp3) is 0.357. The number of hydrogen-bond donors (Lipinski definition) is 3. The maximum Gasteiger partial charge on any atom is 0.162 e. The van der Waals surface area contributed by atoms with Crippen LogP contribution < -0.4 is 5.32 Å². The van der Waals surface area contributed by atoms with Gasteiger partial charge in [-0.1, -0.05) is 11.8 Å². The van der Waals surface area contributed by atoms with Gasteiger partial charge in [-0.25, -0.2) is 9.98 Å². The lowest BCUT2D eigenvalue weighted by molar-refractivity contribution is 0.367. The van der Waals surface area contributed by atoms with Gasteiger partial charge in [0.25, 0.3) is 0 Å². The molecule has 0 spiro atoms. The monoisotopic (exact) mass is 302 g/mol. The molecule has 110 valence electrons. The Kier molecular flexibility index (Phi) is 3.59. The number of imidazole rings is 1. The molecule has 0 saturated carbocycles. The van der Waals surface area contributed by atoms with Gasteiger partial charge >= 0.3 is 0 Å². The number of likely N-dealkylation sites (N-methyl/N-ethyl adjacent to an activating group) is 1. The molecule has 3 rings (SSSR count). The number of nitrogens with one attached hydrogen (secondary N) is 3. The second-order valence-electron chi connectivity index (χ2n) is 4.88. The Bertz CT molecular complexity index is 655. The SMILES string of the molecule is CCN1C(=N)C(c2cnc[nH]2)=CC2=C(C)NC(SC)=NC21. The maximum absolute atomic E-state index is 8.48. The standard InChI is InChI=1S/C14H18N6S/c1-4-20-12(15)10(11-6-16-7-17-11)5-9-8(2)18-14(21-3)19-13(9)20/h5-7,13,15H,4H2,1-3H3,(H,16,17)(H,18,19). The fourth-order valence-corrected chi connectivity index (χ4v) is 3.06. The molecule has 3 heterocycles. The van der Waals surface area contributed by atoms with E-state index in [0.717, 1.165) is 34.2 Å². The van der Waals surface area contributed by atoms with Crippen LogP contribution in [0.4, 0.5) is 0 Å². The number of nitrogens with zero attached hydrogens (tertiary/aromatic N) is 3. The Morgan fingerprint density at radius 2 is 2.29 bits per heavy atom. The summed E-state index contributed by atoms with van der Waals surface area (Å²) in [7, 11) is 0. The van der Waals surface area contributed by atoms with Gasteiger partial charge in [-0.15, -0.1) is 0 Å². The molecule has 0 fully saturated rings. The Hall–Kier alpha value is -2.02. The highest BCUT2D eigenvalue weighted by atomic mass is 32.2. The summed E-state index contributed by atoms with van der Waals surface area (Å²) in [5, 5.41) is 12.7. The zero-order valence-corrected chi connectivity index (χ0v) is 13.1. The number of rotatable bonds is 2. The molecule has 0 saturated heterocycles. The molecule has 2 aliphatic rings. The highest BCUT2D eigenvalue weighted by molar-refractivity contribution is 8.13. The smallest absolute Gasteiger partial charge is 0.162 e. The predicted molar refractivity (Wildman–Crippen MR) is 87.2 cm³/mol. The number of aromatic nitrogens is 2. The molecule has 1 aromatic heterocycles. The van der Waals surface area contributed by atoms with Gasteiger partial charge < -0.3 is 15.2 Å². The van der Waals surface area contributed by atoms with E-state index in [1.165, 1.54) is 0 Å². The normalized spacial score (nSPS) is 21.8. The zero-order valence-electron chi connectivity index (χ0n) is 12.3. The number of fused-ring (bicyclic) bond motifs is 1. The van der Waals surface area contributed by atoms with Crippen LogP contribution in [0, 0.1) is 5.41 Å². The van der Waals surface area contributed by atoms with Crippen LogP contribution in [0.15, 0.2) is 34.9 Å². The Morgan fingerprint density at radius 3 is 2.90 bits per heavy atom. The largest absolute Gasteiger partial charge is 0.345 e. The molecule has 1 atom stereocenters. The minimum atomic E-state index is -0.113. The van der Waals surface area contributed by atoms with Gasteiger partial charge in [-0.3, -0.25) is 5.41 Å². The summed E-state index contributed by atoms with van der Waals surface area (Å²) in [6.45, 7) is 4.84. The van der Waals surface area contributed by atoms with Crippen molar-refractivity contribution < 1.29 is 0 Å². The predicted octanol–water partition coefficient (Wildman–Crippen LogP) is 2.03. The minimum absolute atomic E-state index is 0.113. The number of aromatic amines is 1. The van der Waals surface area contributed by atoms with Crippen molar-refractivity contribution >= 4 is 28.3 Å². The molecule has 0 aliphatic carbocycles. The van der Waals surface area contributed by atoms with E-state index in [9.17, 15) is 0 Å². The van der Waals surface area contributed by atoms with E-state index in [4.69, 9.17) is 10.4 Å². The zero-order chi connectivity index (χ0) is 15.0. The van der Waals surface area contributed by atoms with Crippen molar-refractivity contribution in [1.29, 1.82) is 5.41 Å². The Labute approximate surface area is 127 Å². The van der Waals surface area contributed by atoms with E-state index in [1.54, 1.807) is 24.3 Å². The van der Waals surface area contributed by atoms with Gasteiger partial charge in [0.15, 0.2) is 11.3 Å². The van der Waals surface area contributed by atoms with Crippen LogP contribution >= 0.6 is 11.8 Å². The second-order valence-corrected chi connectivity index (χ2v) is 5.67. The molecule has 2 aliphatic heterocycles. The summed E-state index contributed by atoms with van der Waals surface area (Å²) in [4.78, 5) is 13.9. The first kappa shape index (κ1) is 13.9. The molecule has 6 nitrogen and oxygen atoms in total. The average Bonchev–Trinajstić information content (AvgIpc) is 3.00. The number of allylic oxidation sites excluding steroid dienone is 1. The first-order valence-corrected chi connectivity index (χ1v) is 8.03. The van der Waals surface area contributed by atoms with Crippen LogP contribution in [-0.4, -0.2) is 44.8 Å². The maximum atomic E-state index is 8.48. The van der Waals surface area contributed by atoms with E-state index in [-0.39, 0.29) is 6.17 Å². The first-order valence-electron chi connectivity index (χ1n) is 6.81. The summed E-state index contributed by atoms with van der Waals surface area (Å²) in [6, 6.07) is 0. The van der Waals surface area contributed by atoms with Crippen molar-refractivity contribution in [3.8, 4) is 0 Å². The molecule has 3 N–H and O–H groups in total. The molecular formula is C14H18N6S. The molecule has 1 aromatic rings. The van der Waals surface area contributed by atoms with Crippen molar-refractivity contribution in [2.45, 2.75) is 20.0 Å². The highest BCUT2D eigenvalue weighted by Crippen LogP contribution is 2.32.